The van der Waals surface area contributed by atoms with Crippen molar-refractivity contribution in [1.82, 2.24) is 4.90 Å². The van der Waals surface area contributed by atoms with Crippen molar-refractivity contribution in [2.75, 3.05) is 26.8 Å². The summed E-state index contributed by atoms with van der Waals surface area (Å²) in [4.78, 5) is 13.6. The maximum Gasteiger partial charge on any atom is 0.225 e. The van der Waals surface area contributed by atoms with Crippen LogP contribution in [-0.2, 0) is 9.53 Å². The molecule has 1 aliphatic rings. The largest absolute Gasteiger partial charge is 0.389 e. The minimum atomic E-state index is -0.755. The lowest BCUT2D eigenvalue weighted by Gasteiger charge is -2.32. The lowest BCUT2D eigenvalue weighted by Crippen LogP contribution is -2.40. The number of hydrogen-bond donors (Lipinski definition) is 1. The topological polar surface area (TPSA) is 49.8 Å². The second-order valence-corrected chi connectivity index (χ2v) is 4.97. The van der Waals surface area contributed by atoms with Crippen LogP contribution in [-0.4, -0.2) is 48.3 Å². The summed E-state index contributed by atoms with van der Waals surface area (Å²) in [6.45, 7) is 3.78. The Bertz CT molecular complexity index is 237. The van der Waals surface area contributed by atoms with E-state index in [4.69, 9.17) is 4.74 Å². The molecule has 0 heterocycles. The molecular weight excluding hydrogens is 218 g/mol. The van der Waals surface area contributed by atoms with E-state index >= 15 is 0 Å². The van der Waals surface area contributed by atoms with Crippen molar-refractivity contribution in [3.8, 4) is 0 Å². The van der Waals surface area contributed by atoms with Crippen LogP contribution < -0.4 is 0 Å². The third-order valence-corrected chi connectivity index (χ3v) is 3.47. The van der Waals surface area contributed by atoms with Crippen LogP contribution >= 0.6 is 0 Å². The van der Waals surface area contributed by atoms with Crippen molar-refractivity contribution >= 4 is 5.91 Å². The molecule has 0 aliphatic heterocycles. The van der Waals surface area contributed by atoms with Crippen molar-refractivity contribution < 1.29 is 14.6 Å². The highest BCUT2D eigenvalue weighted by Crippen LogP contribution is 2.31. The third-order valence-electron chi connectivity index (χ3n) is 3.47. The predicted molar refractivity (Wildman–Crippen MR) is 66.8 cm³/mol. The fourth-order valence-electron chi connectivity index (χ4n) is 2.27. The van der Waals surface area contributed by atoms with Gasteiger partial charge in [-0.2, -0.15) is 0 Å². The Balaban J connectivity index is 2.31. The van der Waals surface area contributed by atoms with Crippen LogP contribution in [0.25, 0.3) is 0 Å². The van der Waals surface area contributed by atoms with Gasteiger partial charge >= 0.3 is 0 Å². The van der Waals surface area contributed by atoms with E-state index in [-0.39, 0.29) is 12.3 Å². The van der Waals surface area contributed by atoms with Gasteiger partial charge in [0.15, 0.2) is 0 Å². The Morgan fingerprint density at radius 1 is 1.35 bits per heavy atom. The molecule has 0 saturated heterocycles. The summed E-state index contributed by atoms with van der Waals surface area (Å²) >= 11 is 0. The van der Waals surface area contributed by atoms with Crippen molar-refractivity contribution in [2.24, 2.45) is 0 Å². The van der Waals surface area contributed by atoms with Crippen LogP contribution in [0.1, 0.15) is 45.4 Å². The van der Waals surface area contributed by atoms with Crippen molar-refractivity contribution in [1.29, 1.82) is 0 Å². The SMILES string of the molecule is CCOCCN(C)C(=O)CC1(O)CCCCC1. The van der Waals surface area contributed by atoms with Gasteiger partial charge in [-0.1, -0.05) is 19.3 Å². The van der Waals surface area contributed by atoms with Crippen LogP contribution in [0.2, 0.25) is 0 Å². The van der Waals surface area contributed by atoms with Crippen molar-refractivity contribution in [3.63, 3.8) is 0 Å². The van der Waals surface area contributed by atoms with E-state index in [0.717, 1.165) is 25.7 Å². The summed E-state index contributed by atoms with van der Waals surface area (Å²) in [6, 6.07) is 0. The Kier molecular flexibility index (Phi) is 5.92. The van der Waals surface area contributed by atoms with Crippen LogP contribution in [0.5, 0.6) is 0 Å². The molecule has 0 aromatic heterocycles. The first-order valence-electron chi connectivity index (χ1n) is 6.61. The fourth-order valence-corrected chi connectivity index (χ4v) is 2.27. The van der Waals surface area contributed by atoms with E-state index < -0.39 is 5.60 Å². The van der Waals surface area contributed by atoms with E-state index in [1.807, 2.05) is 6.92 Å². The molecule has 4 nitrogen and oxygen atoms in total. The summed E-state index contributed by atoms with van der Waals surface area (Å²) in [5.74, 6) is 0.0223. The first-order valence-corrected chi connectivity index (χ1v) is 6.61. The molecule has 0 spiro atoms. The number of nitrogens with zero attached hydrogens (tertiary/aromatic N) is 1. The second-order valence-electron chi connectivity index (χ2n) is 4.97. The molecular formula is C13H25NO3. The molecule has 0 radical (unpaired) electrons. The number of aliphatic hydroxyl groups is 1. The van der Waals surface area contributed by atoms with E-state index in [9.17, 15) is 9.90 Å². The van der Waals surface area contributed by atoms with Gasteiger partial charge in [0.1, 0.15) is 0 Å². The molecule has 0 unspecified atom stereocenters. The molecule has 1 fully saturated rings. The number of carbonyl (C=O) groups excluding carboxylic acids is 1. The maximum absolute atomic E-state index is 11.9. The highest BCUT2D eigenvalue weighted by Gasteiger charge is 2.32. The number of rotatable bonds is 6. The highest BCUT2D eigenvalue weighted by molar-refractivity contribution is 5.77. The van der Waals surface area contributed by atoms with Crippen LogP contribution in [0.15, 0.2) is 0 Å². The summed E-state index contributed by atoms with van der Waals surface area (Å²) in [5.41, 5.74) is -0.755. The standard InChI is InChI=1S/C13H25NO3/c1-3-17-10-9-14(2)12(15)11-13(16)7-5-4-6-8-13/h16H,3-11H2,1-2H3. The monoisotopic (exact) mass is 243 g/mol. The lowest BCUT2D eigenvalue weighted by molar-refractivity contribution is -0.137. The average molecular weight is 243 g/mol. The van der Waals surface area contributed by atoms with Gasteiger partial charge in [-0.3, -0.25) is 4.79 Å². The van der Waals surface area contributed by atoms with Crippen LogP contribution in [0.3, 0.4) is 0 Å². The first kappa shape index (κ1) is 14.5. The quantitative estimate of drug-likeness (QED) is 0.720. The third kappa shape index (κ3) is 5.04. The number of hydrogen-bond acceptors (Lipinski definition) is 3. The first-order chi connectivity index (χ1) is 8.07. The molecule has 0 atom stereocenters. The summed E-state index contributed by atoms with van der Waals surface area (Å²) in [6.07, 6.45) is 5.03. The molecule has 1 N–H and O–H groups in total. The summed E-state index contributed by atoms with van der Waals surface area (Å²) < 4.78 is 5.21. The number of likely N-dealkylation sites (N-methyl/N-ethyl adjacent to an activating group) is 1. The van der Waals surface area contributed by atoms with E-state index in [0.29, 0.717) is 19.8 Å². The predicted octanol–water partition coefficient (Wildman–Crippen LogP) is 1.57. The van der Waals surface area contributed by atoms with E-state index in [1.54, 1.807) is 11.9 Å². The molecule has 1 aliphatic carbocycles. The molecule has 0 bridgehead atoms. The summed E-state index contributed by atoms with van der Waals surface area (Å²) in [5, 5.41) is 10.3. The number of ether oxygens (including phenoxy) is 1. The zero-order valence-corrected chi connectivity index (χ0v) is 11.1. The Hall–Kier alpha value is -0.610. The van der Waals surface area contributed by atoms with Crippen molar-refractivity contribution in [3.05, 3.63) is 0 Å². The molecule has 4 heteroatoms. The Morgan fingerprint density at radius 3 is 2.59 bits per heavy atom. The van der Waals surface area contributed by atoms with Gasteiger partial charge in [-0.05, 0) is 19.8 Å². The van der Waals surface area contributed by atoms with Crippen molar-refractivity contribution in [2.45, 2.75) is 51.0 Å². The average Bonchev–Trinajstić information content (AvgIpc) is 2.29. The molecule has 17 heavy (non-hydrogen) atoms. The minimum Gasteiger partial charge on any atom is -0.389 e. The van der Waals surface area contributed by atoms with Gasteiger partial charge in [0.2, 0.25) is 5.91 Å². The molecule has 100 valence electrons. The molecule has 1 saturated carbocycles. The molecule has 1 rings (SSSR count). The lowest BCUT2D eigenvalue weighted by atomic mass is 9.82. The Morgan fingerprint density at radius 2 is 2.00 bits per heavy atom. The van der Waals surface area contributed by atoms with Gasteiger partial charge in [0.25, 0.3) is 0 Å². The van der Waals surface area contributed by atoms with Gasteiger partial charge in [0.05, 0.1) is 18.6 Å². The zero-order chi connectivity index (χ0) is 12.7. The zero-order valence-electron chi connectivity index (χ0n) is 11.1. The number of amides is 1. The second kappa shape index (κ2) is 6.97. The molecule has 0 aromatic rings. The summed E-state index contributed by atoms with van der Waals surface area (Å²) in [7, 11) is 1.77. The fraction of sp³-hybridized carbons (Fsp3) is 0.923. The highest BCUT2D eigenvalue weighted by atomic mass is 16.5. The minimum absolute atomic E-state index is 0.0223. The molecule has 0 aromatic carbocycles. The molecule has 1 amide bonds. The van der Waals surface area contributed by atoms with Crippen LogP contribution in [0.4, 0.5) is 0 Å². The number of carbonyl (C=O) groups is 1. The van der Waals surface area contributed by atoms with Crippen LogP contribution in [0, 0.1) is 0 Å². The van der Waals surface area contributed by atoms with Gasteiger partial charge in [0, 0.05) is 20.2 Å². The van der Waals surface area contributed by atoms with Gasteiger partial charge in [-0.15, -0.1) is 0 Å². The normalized spacial score (nSPS) is 19.0. The van der Waals surface area contributed by atoms with E-state index in [2.05, 4.69) is 0 Å². The smallest absolute Gasteiger partial charge is 0.225 e. The maximum atomic E-state index is 11.9. The van der Waals surface area contributed by atoms with Gasteiger partial charge < -0.3 is 14.7 Å². The van der Waals surface area contributed by atoms with Gasteiger partial charge in [-0.25, -0.2) is 0 Å². The van der Waals surface area contributed by atoms with E-state index in [1.165, 1.54) is 6.42 Å². The Labute approximate surface area is 104 Å².